The Morgan fingerprint density at radius 1 is 0.466 bits per heavy atom. The zero-order valence-corrected chi connectivity index (χ0v) is 34.2. The van der Waals surface area contributed by atoms with E-state index in [1.165, 1.54) is 19.3 Å². The summed E-state index contributed by atoms with van der Waals surface area (Å²) in [6.07, 6.45) is 4.06. The van der Waals surface area contributed by atoms with Crippen molar-refractivity contribution in [1.82, 2.24) is 0 Å². The molecule has 5 atom stereocenters. The van der Waals surface area contributed by atoms with Gasteiger partial charge in [-0.05, 0) is 127 Å². The summed E-state index contributed by atoms with van der Waals surface area (Å²) in [4.78, 5) is 0. The number of hydrogen-bond acceptors (Lipinski definition) is 10. The first-order chi connectivity index (χ1) is 28.4. The molecule has 4 aliphatic carbocycles. The minimum absolute atomic E-state index is 0.257. The summed E-state index contributed by atoms with van der Waals surface area (Å²) in [5.74, 6) is 5.24. The molecular formula is C48H58O10. The van der Waals surface area contributed by atoms with Crippen molar-refractivity contribution in [3.8, 4) is 23.0 Å². The van der Waals surface area contributed by atoms with Gasteiger partial charge in [-0.1, -0.05) is 48.5 Å². The van der Waals surface area contributed by atoms with Crippen molar-refractivity contribution in [2.24, 2.45) is 17.8 Å². The Balaban J connectivity index is 1.12. The van der Waals surface area contributed by atoms with Gasteiger partial charge in [0.2, 0.25) is 0 Å². The van der Waals surface area contributed by atoms with Crippen LogP contribution < -0.4 is 18.9 Å². The lowest BCUT2D eigenvalue weighted by atomic mass is 9.54. The number of ether oxygens (including phenoxy) is 10. The summed E-state index contributed by atoms with van der Waals surface area (Å²) in [5, 5.41) is 0. The van der Waals surface area contributed by atoms with Crippen molar-refractivity contribution in [2.75, 3.05) is 35.0 Å². The lowest BCUT2D eigenvalue weighted by Crippen LogP contribution is -2.64. The Bertz CT molecular complexity index is 1830. The molecule has 10 nitrogen and oxygen atoms in total. The summed E-state index contributed by atoms with van der Waals surface area (Å²) in [7, 11) is 6.68. The van der Waals surface area contributed by atoms with E-state index in [0.717, 1.165) is 64.5 Å². The largest absolute Gasteiger partial charge is 0.497 e. The molecule has 58 heavy (non-hydrogen) atoms. The quantitative estimate of drug-likeness (QED) is 0.0919. The molecule has 1 saturated heterocycles. The monoisotopic (exact) mass is 794 g/mol. The fourth-order valence-corrected chi connectivity index (χ4v) is 9.85. The molecule has 4 saturated carbocycles. The van der Waals surface area contributed by atoms with E-state index in [-0.39, 0.29) is 12.2 Å². The minimum atomic E-state index is -0.717. The first-order valence-corrected chi connectivity index (χ1v) is 20.7. The topological polar surface area (TPSA) is 92.3 Å². The number of rotatable bonds is 19. The second-order valence-corrected chi connectivity index (χ2v) is 16.5. The van der Waals surface area contributed by atoms with E-state index in [9.17, 15) is 0 Å². The predicted molar refractivity (Wildman–Crippen MR) is 218 cm³/mol. The van der Waals surface area contributed by atoms with Crippen molar-refractivity contribution in [3.63, 3.8) is 0 Å². The third-order valence-electron chi connectivity index (χ3n) is 12.5. The van der Waals surface area contributed by atoms with Crippen LogP contribution in [-0.2, 0) is 54.8 Å². The highest BCUT2D eigenvalue weighted by Crippen LogP contribution is 2.58. The molecule has 0 N–H and O–H groups in total. The Morgan fingerprint density at radius 3 is 1.22 bits per heavy atom. The molecule has 0 aromatic heterocycles. The molecule has 5 fully saturated rings. The standard InChI is InChI=1S/C48H58O10/c1-49-39-13-5-32(6-14-39)27-53-31-43-44(54-28-33-7-15-40(50-2)16-8-33)45(55-29-34-9-17-41(51-3)18-10-34)46(56-30-35-11-19-42(52-4)20-12-35)47(57-43)58-48-24-36-21-37(25-48)23-38(22-36)26-48/h5-20,36-38,43-47H,21-31H2,1-4H3/t36?,37?,38?,43-,44-,45+,46-,47+,48?/m1/s1. The Kier molecular flexibility index (Phi) is 13.2. The second kappa shape index (κ2) is 18.8. The summed E-state index contributed by atoms with van der Waals surface area (Å²) >= 11 is 0. The molecule has 0 radical (unpaired) electrons. The fraction of sp³-hybridized carbons (Fsp3) is 0.500. The van der Waals surface area contributed by atoms with Gasteiger partial charge in [-0.3, -0.25) is 0 Å². The highest BCUT2D eigenvalue weighted by Gasteiger charge is 2.56. The average molecular weight is 795 g/mol. The van der Waals surface area contributed by atoms with Crippen molar-refractivity contribution >= 4 is 0 Å². The molecule has 5 aliphatic rings. The van der Waals surface area contributed by atoms with Gasteiger partial charge in [0.25, 0.3) is 0 Å². The number of hydrogen-bond donors (Lipinski definition) is 0. The van der Waals surface area contributed by atoms with Crippen LogP contribution in [0.2, 0.25) is 0 Å². The van der Waals surface area contributed by atoms with E-state index in [1.807, 2.05) is 97.1 Å². The summed E-state index contributed by atoms with van der Waals surface area (Å²) in [5.41, 5.74) is 3.77. The van der Waals surface area contributed by atoms with Crippen LogP contribution in [0.3, 0.4) is 0 Å². The molecular weight excluding hydrogens is 737 g/mol. The van der Waals surface area contributed by atoms with Crippen LogP contribution in [0.25, 0.3) is 0 Å². The van der Waals surface area contributed by atoms with Gasteiger partial charge in [0, 0.05) is 0 Å². The molecule has 4 aromatic carbocycles. The zero-order valence-electron chi connectivity index (χ0n) is 34.2. The average Bonchev–Trinajstić information content (AvgIpc) is 3.25. The molecule has 1 aliphatic heterocycles. The van der Waals surface area contributed by atoms with Crippen molar-refractivity contribution in [2.45, 2.75) is 101 Å². The fourth-order valence-electron chi connectivity index (χ4n) is 9.85. The van der Waals surface area contributed by atoms with Crippen LogP contribution in [-0.4, -0.2) is 71.4 Å². The van der Waals surface area contributed by atoms with Gasteiger partial charge in [0.1, 0.15) is 47.4 Å². The third kappa shape index (κ3) is 9.82. The maximum Gasteiger partial charge on any atom is 0.187 e. The van der Waals surface area contributed by atoms with Crippen LogP contribution in [0.15, 0.2) is 97.1 Å². The molecule has 4 bridgehead atoms. The van der Waals surface area contributed by atoms with E-state index in [2.05, 4.69) is 0 Å². The molecule has 4 aromatic rings. The third-order valence-corrected chi connectivity index (χ3v) is 12.5. The second-order valence-electron chi connectivity index (χ2n) is 16.5. The molecule has 0 unspecified atom stereocenters. The first-order valence-electron chi connectivity index (χ1n) is 20.7. The Morgan fingerprint density at radius 2 is 0.828 bits per heavy atom. The first kappa shape index (κ1) is 40.6. The summed E-state index contributed by atoms with van der Waals surface area (Å²) < 4.78 is 63.6. The van der Waals surface area contributed by atoms with Crippen molar-refractivity contribution in [1.29, 1.82) is 0 Å². The van der Waals surface area contributed by atoms with E-state index >= 15 is 0 Å². The maximum absolute atomic E-state index is 7.40. The van der Waals surface area contributed by atoms with Gasteiger partial charge in [-0.15, -0.1) is 0 Å². The minimum Gasteiger partial charge on any atom is -0.497 e. The van der Waals surface area contributed by atoms with E-state index in [4.69, 9.17) is 47.4 Å². The number of benzene rings is 4. The smallest absolute Gasteiger partial charge is 0.187 e. The van der Waals surface area contributed by atoms with E-state index < -0.39 is 30.7 Å². The van der Waals surface area contributed by atoms with Crippen LogP contribution in [0.4, 0.5) is 0 Å². The van der Waals surface area contributed by atoms with Crippen LogP contribution >= 0.6 is 0 Å². The Labute approximate surface area is 342 Å². The van der Waals surface area contributed by atoms with Crippen LogP contribution in [0.5, 0.6) is 23.0 Å². The molecule has 310 valence electrons. The molecule has 0 amide bonds. The molecule has 9 rings (SSSR count). The number of methoxy groups -OCH3 is 4. The van der Waals surface area contributed by atoms with E-state index in [0.29, 0.717) is 44.2 Å². The lowest BCUT2D eigenvalue weighted by Gasteiger charge is -2.58. The highest BCUT2D eigenvalue weighted by atomic mass is 16.7. The van der Waals surface area contributed by atoms with Crippen LogP contribution in [0, 0.1) is 17.8 Å². The lowest BCUT2D eigenvalue weighted by molar-refractivity contribution is -0.360. The highest BCUT2D eigenvalue weighted by molar-refractivity contribution is 5.29. The zero-order chi connectivity index (χ0) is 39.9. The SMILES string of the molecule is COc1ccc(COC[C@H]2O[C@@H](OC34CC5CC(CC(C5)C3)C4)[C@H](OCc3ccc(OC)cc3)[C@@H](OCc3ccc(OC)cc3)[C@@H]2OCc2ccc(OC)cc2)cc1. The van der Waals surface area contributed by atoms with Gasteiger partial charge in [0.15, 0.2) is 6.29 Å². The van der Waals surface area contributed by atoms with Crippen molar-refractivity contribution in [3.05, 3.63) is 119 Å². The summed E-state index contributed by atoms with van der Waals surface area (Å²) in [6, 6.07) is 31.7. The van der Waals surface area contributed by atoms with Gasteiger partial charge in [0.05, 0.1) is 67.1 Å². The predicted octanol–water partition coefficient (Wildman–Crippen LogP) is 8.70. The summed E-state index contributed by atoms with van der Waals surface area (Å²) in [6.45, 7) is 1.62. The van der Waals surface area contributed by atoms with Crippen LogP contribution in [0.1, 0.15) is 60.8 Å². The Hall–Kier alpha value is -4.16. The van der Waals surface area contributed by atoms with Gasteiger partial charge < -0.3 is 47.4 Å². The molecule has 10 heteroatoms. The van der Waals surface area contributed by atoms with Gasteiger partial charge in [-0.25, -0.2) is 0 Å². The van der Waals surface area contributed by atoms with Gasteiger partial charge >= 0.3 is 0 Å². The van der Waals surface area contributed by atoms with Gasteiger partial charge in [-0.2, -0.15) is 0 Å². The van der Waals surface area contributed by atoms with E-state index in [1.54, 1.807) is 28.4 Å². The molecule has 1 heterocycles. The normalized spacial score (nSPS) is 28.6. The van der Waals surface area contributed by atoms with Crippen molar-refractivity contribution < 1.29 is 47.4 Å². The molecule has 0 spiro atoms. The maximum atomic E-state index is 7.40.